The zero-order chi connectivity index (χ0) is 19.2. The minimum absolute atomic E-state index is 0.295. The van der Waals surface area contributed by atoms with Crippen LogP contribution in [0.5, 0.6) is 0 Å². The van der Waals surface area contributed by atoms with Crippen molar-refractivity contribution in [1.82, 2.24) is 19.6 Å². The van der Waals surface area contributed by atoms with Crippen LogP contribution in [0.4, 0.5) is 0 Å². The summed E-state index contributed by atoms with van der Waals surface area (Å²) in [5.74, 6) is 0.295. The third-order valence-corrected chi connectivity index (χ3v) is 6.21. The van der Waals surface area contributed by atoms with E-state index in [2.05, 4.69) is 70.8 Å². The molecule has 0 unspecified atom stereocenters. The summed E-state index contributed by atoms with van der Waals surface area (Å²) in [6.45, 7) is 12.0. The Morgan fingerprint density at radius 3 is 2.26 bits per heavy atom. The molecule has 1 aromatic rings. The highest BCUT2D eigenvalue weighted by atomic mass is 16.2. The highest BCUT2D eigenvalue weighted by Crippen LogP contribution is 2.17. The molecule has 5 nitrogen and oxygen atoms in total. The predicted molar refractivity (Wildman–Crippen MR) is 111 cm³/mol. The van der Waals surface area contributed by atoms with Gasteiger partial charge in [-0.1, -0.05) is 30.3 Å². The molecule has 150 valence electrons. The second-order valence-electron chi connectivity index (χ2n) is 8.42. The Morgan fingerprint density at radius 1 is 1.04 bits per heavy atom. The third kappa shape index (κ3) is 5.77. The first-order valence-corrected chi connectivity index (χ1v) is 10.5. The number of benzene rings is 1. The van der Waals surface area contributed by atoms with Gasteiger partial charge in [-0.25, -0.2) is 0 Å². The van der Waals surface area contributed by atoms with Crippen LogP contribution in [0.2, 0.25) is 0 Å². The fourth-order valence-corrected chi connectivity index (χ4v) is 4.28. The van der Waals surface area contributed by atoms with E-state index in [9.17, 15) is 4.79 Å². The molecular formula is C22H36N4O. The van der Waals surface area contributed by atoms with Crippen molar-refractivity contribution in [2.45, 2.75) is 45.3 Å². The van der Waals surface area contributed by atoms with E-state index in [1.165, 1.54) is 18.4 Å². The molecule has 0 spiro atoms. The molecule has 2 saturated heterocycles. The highest BCUT2D eigenvalue weighted by Gasteiger charge is 2.27. The van der Waals surface area contributed by atoms with Crippen LogP contribution in [-0.4, -0.2) is 90.5 Å². The fraction of sp³-hybridized carbons (Fsp3) is 0.682. The molecule has 0 bridgehead atoms. The average Bonchev–Trinajstić information content (AvgIpc) is 2.69. The number of rotatable bonds is 6. The lowest BCUT2D eigenvalue weighted by Gasteiger charge is -2.39. The van der Waals surface area contributed by atoms with E-state index in [4.69, 9.17) is 0 Å². The van der Waals surface area contributed by atoms with Crippen molar-refractivity contribution in [2.75, 3.05) is 52.9 Å². The molecule has 5 heteroatoms. The number of hydrogen-bond donors (Lipinski definition) is 0. The summed E-state index contributed by atoms with van der Waals surface area (Å²) >= 11 is 0. The van der Waals surface area contributed by atoms with Gasteiger partial charge >= 0.3 is 0 Å². The molecule has 0 N–H and O–H groups in total. The Labute approximate surface area is 164 Å². The maximum Gasteiger partial charge on any atom is 0.236 e. The van der Waals surface area contributed by atoms with Crippen LogP contribution in [-0.2, 0) is 11.3 Å². The van der Waals surface area contributed by atoms with Gasteiger partial charge in [-0.3, -0.25) is 14.6 Å². The molecule has 2 aliphatic heterocycles. The Bertz CT molecular complexity index is 575. The van der Waals surface area contributed by atoms with E-state index >= 15 is 0 Å². The van der Waals surface area contributed by atoms with Gasteiger partial charge in [0.15, 0.2) is 0 Å². The molecule has 2 fully saturated rings. The van der Waals surface area contributed by atoms with Gasteiger partial charge in [0.2, 0.25) is 5.91 Å². The van der Waals surface area contributed by atoms with Crippen LogP contribution >= 0.6 is 0 Å². The summed E-state index contributed by atoms with van der Waals surface area (Å²) in [5.41, 5.74) is 1.35. The van der Waals surface area contributed by atoms with Gasteiger partial charge in [-0.15, -0.1) is 0 Å². The summed E-state index contributed by atoms with van der Waals surface area (Å²) in [6, 6.07) is 11.8. The Morgan fingerprint density at radius 2 is 1.67 bits per heavy atom. The molecular weight excluding hydrogens is 336 g/mol. The topological polar surface area (TPSA) is 30.0 Å². The van der Waals surface area contributed by atoms with Crippen LogP contribution in [0.25, 0.3) is 0 Å². The molecule has 1 aromatic carbocycles. The van der Waals surface area contributed by atoms with E-state index in [0.29, 0.717) is 24.5 Å². The Hall–Kier alpha value is -1.43. The van der Waals surface area contributed by atoms with Crippen molar-refractivity contribution in [2.24, 2.45) is 0 Å². The number of likely N-dealkylation sites (tertiary alicyclic amines) is 1. The van der Waals surface area contributed by atoms with Gasteiger partial charge in [0.05, 0.1) is 6.54 Å². The number of carbonyl (C=O) groups is 1. The van der Waals surface area contributed by atoms with Crippen molar-refractivity contribution in [3.63, 3.8) is 0 Å². The largest absolute Gasteiger partial charge is 0.339 e. The van der Waals surface area contributed by atoms with E-state index in [-0.39, 0.29) is 0 Å². The van der Waals surface area contributed by atoms with Crippen molar-refractivity contribution in [3.8, 4) is 0 Å². The standard InChI is InChI=1S/C22H36N4O/c1-19(2)25-11-9-21(10-12-25)23(3)18-22(27)26-15-13-24(14-16-26)17-20-7-5-4-6-8-20/h4-8,19,21H,9-18H2,1-3H3. The molecule has 0 saturated carbocycles. The summed E-state index contributed by atoms with van der Waals surface area (Å²) < 4.78 is 0. The maximum absolute atomic E-state index is 12.7. The van der Waals surface area contributed by atoms with Crippen LogP contribution < -0.4 is 0 Å². The van der Waals surface area contributed by atoms with Crippen LogP contribution in [0.3, 0.4) is 0 Å². The van der Waals surface area contributed by atoms with E-state index in [0.717, 1.165) is 45.8 Å². The summed E-state index contributed by atoms with van der Waals surface area (Å²) in [5, 5.41) is 0. The smallest absolute Gasteiger partial charge is 0.236 e. The number of likely N-dealkylation sites (N-methyl/N-ethyl adjacent to an activating group) is 1. The summed E-state index contributed by atoms with van der Waals surface area (Å²) in [4.78, 5) is 22.1. The number of carbonyl (C=O) groups excluding carboxylic acids is 1. The Kier molecular flexibility index (Phi) is 7.27. The van der Waals surface area contributed by atoms with Gasteiger partial charge < -0.3 is 9.80 Å². The molecule has 0 atom stereocenters. The minimum Gasteiger partial charge on any atom is -0.339 e. The number of hydrogen-bond acceptors (Lipinski definition) is 4. The number of piperidine rings is 1. The van der Waals surface area contributed by atoms with E-state index < -0.39 is 0 Å². The first-order chi connectivity index (χ1) is 13.0. The molecule has 2 heterocycles. The molecule has 0 aromatic heterocycles. The van der Waals surface area contributed by atoms with Gasteiger partial charge in [0.25, 0.3) is 0 Å². The maximum atomic E-state index is 12.7. The normalized spacial score (nSPS) is 20.6. The Balaban J connectivity index is 1.39. The van der Waals surface area contributed by atoms with Gasteiger partial charge in [-0.05, 0) is 52.4 Å². The molecule has 1 amide bonds. The predicted octanol–water partition coefficient (Wildman–Crippen LogP) is 2.14. The van der Waals surface area contributed by atoms with Crippen molar-refractivity contribution in [3.05, 3.63) is 35.9 Å². The number of amides is 1. The molecule has 0 radical (unpaired) electrons. The first-order valence-electron chi connectivity index (χ1n) is 10.5. The number of nitrogens with zero attached hydrogens (tertiary/aromatic N) is 4. The van der Waals surface area contributed by atoms with Crippen molar-refractivity contribution < 1.29 is 4.79 Å². The van der Waals surface area contributed by atoms with Crippen molar-refractivity contribution >= 4 is 5.91 Å². The van der Waals surface area contributed by atoms with Crippen LogP contribution in [0.15, 0.2) is 30.3 Å². The highest BCUT2D eigenvalue weighted by molar-refractivity contribution is 5.78. The SMILES string of the molecule is CC(C)N1CCC(N(C)CC(=O)N2CCN(Cc3ccccc3)CC2)CC1. The van der Waals surface area contributed by atoms with Crippen LogP contribution in [0.1, 0.15) is 32.3 Å². The first kappa shape index (κ1) is 20.3. The second-order valence-corrected chi connectivity index (χ2v) is 8.42. The quantitative estimate of drug-likeness (QED) is 0.765. The lowest BCUT2D eigenvalue weighted by atomic mass is 10.0. The zero-order valence-electron chi connectivity index (χ0n) is 17.3. The number of piperazine rings is 1. The molecule has 3 rings (SSSR count). The van der Waals surface area contributed by atoms with Crippen molar-refractivity contribution in [1.29, 1.82) is 0 Å². The van der Waals surface area contributed by atoms with E-state index in [1.54, 1.807) is 0 Å². The average molecular weight is 373 g/mol. The summed E-state index contributed by atoms with van der Waals surface area (Å²) in [6.07, 6.45) is 2.35. The monoisotopic (exact) mass is 372 g/mol. The second kappa shape index (κ2) is 9.67. The minimum atomic E-state index is 0.295. The van der Waals surface area contributed by atoms with Gasteiger partial charge in [0, 0.05) is 44.8 Å². The summed E-state index contributed by atoms with van der Waals surface area (Å²) in [7, 11) is 2.12. The fourth-order valence-electron chi connectivity index (χ4n) is 4.28. The lowest BCUT2D eigenvalue weighted by Crippen LogP contribution is -2.52. The molecule has 27 heavy (non-hydrogen) atoms. The zero-order valence-corrected chi connectivity index (χ0v) is 17.3. The van der Waals surface area contributed by atoms with E-state index in [1.807, 2.05) is 0 Å². The molecule has 0 aliphatic carbocycles. The van der Waals surface area contributed by atoms with Crippen LogP contribution in [0, 0.1) is 0 Å². The van der Waals surface area contributed by atoms with Gasteiger partial charge in [-0.2, -0.15) is 0 Å². The molecule has 2 aliphatic rings. The lowest BCUT2D eigenvalue weighted by molar-refractivity contribution is -0.134. The van der Waals surface area contributed by atoms with Gasteiger partial charge in [0.1, 0.15) is 0 Å². The third-order valence-electron chi connectivity index (χ3n) is 6.21.